The number of amides is 1. The first-order valence-corrected chi connectivity index (χ1v) is 9.65. The molecule has 0 aromatic heterocycles. The van der Waals surface area contributed by atoms with E-state index in [2.05, 4.69) is 0 Å². The van der Waals surface area contributed by atoms with Gasteiger partial charge in [0.2, 0.25) is 15.9 Å². The number of aliphatic carboxylic acids is 1. The van der Waals surface area contributed by atoms with Gasteiger partial charge in [0.05, 0.1) is 0 Å². The first-order chi connectivity index (χ1) is 8.92. The monoisotopic (exact) mass is 328 g/mol. The predicted molar refractivity (Wildman–Crippen MR) is 69.9 cm³/mol. The van der Waals surface area contributed by atoms with Crippen molar-refractivity contribution >= 4 is 29.3 Å². The number of carboxylic acid groups (broad SMARTS) is 1. The zero-order valence-corrected chi connectivity index (χ0v) is 12.5. The summed E-state index contributed by atoms with van der Waals surface area (Å²) >= 11 is 0. The van der Waals surface area contributed by atoms with Gasteiger partial charge in [-0.05, 0) is 6.42 Å². The Morgan fingerprint density at radius 2 is 2.15 bits per heavy atom. The molecule has 1 rings (SSSR count). The molecule has 1 fully saturated rings. The van der Waals surface area contributed by atoms with Crippen molar-refractivity contribution in [3.8, 4) is 0 Å². The van der Waals surface area contributed by atoms with Gasteiger partial charge in [0.1, 0.15) is 11.3 Å². The number of primary sulfonamides is 1. The van der Waals surface area contributed by atoms with Crippen molar-refractivity contribution < 1.29 is 32.6 Å². The van der Waals surface area contributed by atoms with Gasteiger partial charge in [-0.3, -0.25) is 9.36 Å². The molecule has 11 heteroatoms. The smallest absolute Gasteiger partial charge is 0.326 e. The molecule has 1 amide bonds. The molecule has 4 N–H and O–H groups in total. The van der Waals surface area contributed by atoms with E-state index in [1.807, 2.05) is 0 Å². The fourth-order valence-corrected chi connectivity index (χ4v) is 3.46. The number of rotatable bonds is 6. The quantitative estimate of drug-likeness (QED) is 0.507. The lowest BCUT2D eigenvalue weighted by atomic mass is 10.2. The van der Waals surface area contributed by atoms with E-state index >= 15 is 0 Å². The van der Waals surface area contributed by atoms with Crippen molar-refractivity contribution in [3.05, 3.63) is 0 Å². The molecule has 9 nitrogen and oxygen atoms in total. The SMILES string of the molecule is CP(=O)(O)CCC(C(=O)O)N1CC(S(N)(=O)=O)CC1=O. The van der Waals surface area contributed by atoms with Gasteiger partial charge in [0.25, 0.3) is 0 Å². The molecule has 1 saturated heterocycles. The molecular formula is C9H17N2O7PS. The molecule has 116 valence electrons. The van der Waals surface area contributed by atoms with Crippen LogP contribution in [0.1, 0.15) is 12.8 Å². The number of carbonyl (C=O) groups is 2. The second-order valence-corrected chi connectivity index (χ2v) is 9.27. The number of sulfonamides is 1. The summed E-state index contributed by atoms with van der Waals surface area (Å²) in [6, 6.07) is -1.32. The van der Waals surface area contributed by atoms with Crippen molar-refractivity contribution in [2.45, 2.75) is 24.1 Å². The van der Waals surface area contributed by atoms with Crippen molar-refractivity contribution in [2.75, 3.05) is 19.4 Å². The Hall–Kier alpha value is -0.960. The Morgan fingerprint density at radius 3 is 2.50 bits per heavy atom. The van der Waals surface area contributed by atoms with E-state index in [0.29, 0.717) is 0 Å². The van der Waals surface area contributed by atoms with Crippen LogP contribution in [0.2, 0.25) is 0 Å². The fraction of sp³-hybridized carbons (Fsp3) is 0.778. The minimum atomic E-state index is -3.93. The Bertz CT molecular complexity index is 555. The molecule has 0 aromatic rings. The van der Waals surface area contributed by atoms with Crippen molar-refractivity contribution in [2.24, 2.45) is 5.14 Å². The zero-order chi connectivity index (χ0) is 15.7. The maximum Gasteiger partial charge on any atom is 0.326 e. The van der Waals surface area contributed by atoms with E-state index < -0.39 is 40.6 Å². The highest BCUT2D eigenvalue weighted by atomic mass is 32.2. The van der Waals surface area contributed by atoms with Crippen molar-refractivity contribution in [1.29, 1.82) is 0 Å². The van der Waals surface area contributed by atoms with Crippen LogP contribution in [0.25, 0.3) is 0 Å². The Morgan fingerprint density at radius 1 is 1.60 bits per heavy atom. The number of likely N-dealkylation sites (tertiary alicyclic amines) is 1. The molecule has 0 bridgehead atoms. The molecular weight excluding hydrogens is 311 g/mol. The maximum absolute atomic E-state index is 11.7. The third-order valence-corrected chi connectivity index (χ3v) is 5.40. The second-order valence-electron chi connectivity index (χ2n) is 4.88. The lowest BCUT2D eigenvalue weighted by Gasteiger charge is -2.24. The van der Waals surface area contributed by atoms with Crippen LogP contribution in [-0.2, 0) is 24.2 Å². The standard InChI is InChI=1S/C9H17N2O7PS/c1-19(15,16)3-2-7(9(13)14)11-5-6(4-8(11)12)20(10,17)18/h6-7H,2-5H2,1H3,(H,13,14)(H,15,16)(H2,10,17,18). The molecule has 0 spiro atoms. The molecule has 0 aromatic carbocycles. The minimum absolute atomic E-state index is 0.220. The lowest BCUT2D eigenvalue weighted by molar-refractivity contribution is -0.148. The number of hydrogen-bond acceptors (Lipinski definition) is 5. The summed E-state index contributed by atoms with van der Waals surface area (Å²) in [7, 11) is -7.34. The van der Waals surface area contributed by atoms with Crippen molar-refractivity contribution in [1.82, 2.24) is 4.90 Å². The summed E-state index contributed by atoms with van der Waals surface area (Å²) in [6.07, 6.45) is -0.859. The van der Waals surface area contributed by atoms with Gasteiger partial charge in [-0.15, -0.1) is 0 Å². The lowest BCUT2D eigenvalue weighted by Crippen LogP contribution is -2.43. The third-order valence-electron chi connectivity index (χ3n) is 3.07. The molecule has 0 saturated carbocycles. The fourth-order valence-electron chi connectivity index (χ4n) is 1.99. The number of carbonyl (C=O) groups excluding carboxylic acids is 1. The normalized spacial score (nSPS) is 24.4. The topological polar surface area (TPSA) is 155 Å². The first-order valence-electron chi connectivity index (χ1n) is 5.75. The molecule has 1 aliphatic rings. The maximum atomic E-state index is 11.7. The Kier molecular flexibility index (Phi) is 4.96. The van der Waals surface area contributed by atoms with Crippen LogP contribution >= 0.6 is 7.37 Å². The third kappa shape index (κ3) is 4.55. The highest BCUT2D eigenvalue weighted by Crippen LogP contribution is 2.37. The average Bonchev–Trinajstić information content (AvgIpc) is 2.58. The summed E-state index contributed by atoms with van der Waals surface area (Å²) in [6.45, 7) is 0.777. The van der Waals surface area contributed by atoms with Crippen molar-refractivity contribution in [3.63, 3.8) is 0 Å². The van der Waals surface area contributed by atoms with Crippen LogP contribution in [0.4, 0.5) is 0 Å². The molecule has 3 unspecified atom stereocenters. The van der Waals surface area contributed by atoms with Gasteiger partial charge in [-0.2, -0.15) is 0 Å². The van der Waals surface area contributed by atoms with E-state index in [1.165, 1.54) is 0 Å². The molecule has 20 heavy (non-hydrogen) atoms. The van der Waals surface area contributed by atoms with E-state index in [-0.39, 0.29) is 25.5 Å². The van der Waals surface area contributed by atoms with E-state index in [1.54, 1.807) is 0 Å². The molecule has 1 aliphatic heterocycles. The summed E-state index contributed by atoms with van der Waals surface area (Å²) < 4.78 is 33.6. The zero-order valence-electron chi connectivity index (χ0n) is 10.8. The first kappa shape index (κ1) is 17.1. The van der Waals surface area contributed by atoms with E-state index in [9.17, 15) is 27.5 Å². The van der Waals surface area contributed by atoms with E-state index in [4.69, 9.17) is 10.2 Å². The summed E-state index contributed by atoms with van der Waals surface area (Å²) in [4.78, 5) is 32.9. The second kappa shape index (κ2) is 5.80. The summed E-state index contributed by atoms with van der Waals surface area (Å²) in [5, 5.41) is 12.9. The highest BCUT2D eigenvalue weighted by molar-refractivity contribution is 7.89. The van der Waals surface area contributed by atoms with Crippen LogP contribution < -0.4 is 5.14 Å². The summed E-state index contributed by atoms with van der Waals surface area (Å²) in [5.74, 6) is -1.98. The van der Waals surface area contributed by atoms with Crippen LogP contribution in [0.15, 0.2) is 0 Å². The summed E-state index contributed by atoms with van der Waals surface area (Å²) in [5.41, 5.74) is 0. The van der Waals surface area contributed by atoms with Crippen LogP contribution in [0.5, 0.6) is 0 Å². The Labute approximate surface area is 116 Å². The molecule has 0 aliphatic carbocycles. The molecule has 0 radical (unpaired) electrons. The van der Waals surface area contributed by atoms with Gasteiger partial charge < -0.3 is 14.9 Å². The van der Waals surface area contributed by atoms with Crippen LogP contribution in [0, 0.1) is 0 Å². The predicted octanol–water partition coefficient (Wildman–Crippen LogP) is -1.38. The van der Waals surface area contributed by atoms with Gasteiger partial charge in [-0.1, -0.05) is 0 Å². The Balaban J connectivity index is 2.86. The van der Waals surface area contributed by atoms with Crippen LogP contribution in [0.3, 0.4) is 0 Å². The largest absolute Gasteiger partial charge is 0.480 e. The van der Waals surface area contributed by atoms with Gasteiger partial charge in [-0.25, -0.2) is 18.4 Å². The van der Waals surface area contributed by atoms with Gasteiger partial charge >= 0.3 is 5.97 Å². The number of nitrogens with zero attached hydrogens (tertiary/aromatic N) is 1. The number of nitrogens with two attached hydrogens (primary N) is 1. The number of hydrogen-bond donors (Lipinski definition) is 3. The average molecular weight is 328 g/mol. The van der Waals surface area contributed by atoms with Crippen LogP contribution in [-0.4, -0.2) is 65.9 Å². The molecule has 3 atom stereocenters. The van der Waals surface area contributed by atoms with Gasteiger partial charge in [0.15, 0.2) is 7.37 Å². The molecule has 1 heterocycles. The van der Waals surface area contributed by atoms with Gasteiger partial charge in [0, 0.05) is 25.8 Å². The number of carboxylic acids is 1. The van der Waals surface area contributed by atoms with E-state index in [0.717, 1.165) is 11.6 Å². The highest BCUT2D eigenvalue weighted by Gasteiger charge is 2.42. The minimum Gasteiger partial charge on any atom is -0.480 e.